The van der Waals surface area contributed by atoms with E-state index in [2.05, 4.69) is 27.5 Å². The number of halogens is 1. The predicted octanol–water partition coefficient (Wildman–Crippen LogP) is 2.89. The molecule has 1 aliphatic heterocycles. The zero-order chi connectivity index (χ0) is 21.9. The van der Waals surface area contributed by atoms with Crippen LogP contribution in [0.2, 0.25) is 0 Å². The number of hydrogen-bond acceptors (Lipinski definition) is 5. The molecule has 0 bridgehead atoms. The summed E-state index contributed by atoms with van der Waals surface area (Å²) >= 11 is 4.72. The molecule has 2 aromatic rings. The quantitative estimate of drug-likeness (QED) is 0.555. The molecule has 1 aliphatic rings. The minimum absolute atomic E-state index is 0.0255. The van der Waals surface area contributed by atoms with Crippen molar-refractivity contribution in [2.24, 2.45) is 4.99 Å². The lowest BCUT2D eigenvalue weighted by Gasteiger charge is -2.33. The van der Waals surface area contributed by atoms with E-state index in [9.17, 15) is 18.0 Å². The van der Waals surface area contributed by atoms with Gasteiger partial charge in [-0.25, -0.2) is 8.42 Å². The lowest BCUT2D eigenvalue weighted by Crippen LogP contribution is -2.45. The molecule has 1 atom stereocenters. The van der Waals surface area contributed by atoms with E-state index in [1.165, 1.54) is 11.3 Å². The summed E-state index contributed by atoms with van der Waals surface area (Å²) in [5.41, 5.74) is 0.881. The van der Waals surface area contributed by atoms with Crippen molar-refractivity contribution in [1.82, 2.24) is 9.47 Å². The van der Waals surface area contributed by atoms with Gasteiger partial charge < -0.3 is 9.47 Å². The number of aromatic nitrogens is 1. The van der Waals surface area contributed by atoms with E-state index in [0.717, 1.165) is 34.0 Å². The summed E-state index contributed by atoms with van der Waals surface area (Å²) in [6.07, 6.45) is 4.46. The van der Waals surface area contributed by atoms with Gasteiger partial charge in [-0.05, 0) is 44.4 Å². The van der Waals surface area contributed by atoms with E-state index in [1.807, 2.05) is 29.7 Å². The first-order chi connectivity index (χ1) is 14.2. The first-order valence-electron chi connectivity index (χ1n) is 9.67. The van der Waals surface area contributed by atoms with Gasteiger partial charge in [0, 0.05) is 23.6 Å². The fourth-order valence-electron chi connectivity index (χ4n) is 3.56. The van der Waals surface area contributed by atoms with Gasteiger partial charge >= 0.3 is 0 Å². The molecule has 30 heavy (non-hydrogen) atoms. The Labute approximate surface area is 188 Å². The Balaban J connectivity index is 1.80. The molecule has 1 saturated heterocycles. The van der Waals surface area contributed by atoms with Crippen molar-refractivity contribution >= 4 is 59.1 Å². The zero-order valence-electron chi connectivity index (χ0n) is 16.7. The van der Waals surface area contributed by atoms with Crippen LogP contribution >= 0.6 is 27.3 Å². The third-order valence-corrected chi connectivity index (χ3v) is 7.89. The molecular weight excluding hydrogens is 490 g/mol. The SMILES string of the molecule is C=CCn1c(=NC(=O)CS(=O)(=O)CC(=O)N2CCCCC2C)sc2cc(Br)ccc21. The summed E-state index contributed by atoms with van der Waals surface area (Å²) in [4.78, 5) is 30.9. The van der Waals surface area contributed by atoms with Crippen LogP contribution in [0.5, 0.6) is 0 Å². The van der Waals surface area contributed by atoms with Crippen molar-refractivity contribution in [3.63, 3.8) is 0 Å². The Morgan fingerprint density at radius 2 is 2.10 bits per heavy atom. The van der Waals surface area contributed by atoms with Gasteiger partial charge in [-0.1, -0.05) is 33.3 Å². The average molecular weight is 514 g/mol. The first kappa shape index (κ1) is 22.9. The summed E-state index contributed by atoms with van der Waals surface area (Å²) in [5.74, 6) is -2.67. The Kier molecular flexibility index (Phi) is 7.30. The molecule has 1 fully saturated rings. The monoisotopic (exact) mass is 513 g/mol. The van der Waals surface area contributed by atoms with Gasteiger partial charge in [0.15, 0.2) is 14.6 Å². The molecule has 3 rings (SSSR count). The van der Waals surface area contributed by atoms with E-state index in [1.54, 1.807) is 11.0 Å². The Morgan fingerprint density at radius 1 is 1.33 bits per heavy atom. The fraction of sp³-hybridized carbons (Fsp3) is 0.450. The molecule has 2 amide bonds. The molecule has 10 heteroatoms. The maximum atomic E-state index is 12.5. The summed E-state index contributed by atoms with van der Waals surface area (Å²) < 4.78 is 28.5. The second-order valence-electron chi connectivity index (χ2n) is 7.37. The molecule has 2 heterocycles. The molecule has 1 aromatic heterocycles. The van der Waals surface area contributed by atoms with Crippen LogP contribution < -0.4 is 4.80 Å². The third kappa shape index (κ3) is 5.47. The second kappa shape index (κ2) is 9.57. The normalized spacial score (nSPS) is 18.0. The Hall–Kier alpha value is -1.78. The first-order valence-corrected chi connectivity index (χ1v) is 13.1. The van der Waals surface area contributed by atoms with Gasteiger partial charge in [-0.2, -0.15) is 4.99 Å². The largest absolute Gasteiger partial charge is 0.339 e. The number of carbonyl (C=O) groups excluding carboxylic acids is 2. The zero-order valence-corrected chi connectivity index (χ0v) is 19.9. The van der Waals surface area contributed by atoms with E-state index < -0.39 is 33.2 Å². The highest BCUT2D eigenvalue weighted by Crippen LogP contribution is 2.22. The summed E-state index contributed by atoms with van der Waals surface area (Å²) in [6.45, 7) is 6.65. The van der Waals surface area contributed by atoms with E-state index in [4.69, 9.17) is 0 Å². The number of carbonyl (C=O) groups is 2. The minimum atomic E-state index is -3.90. The van der Waals surface area contributed by atoms with E-state index in [-0.39, 0.29) is 6.04 Å². The van der Waals surface area contributed by atoms with Gasteiger partial charge in [-0.15, -0.1) is 6.58 Å². The molecular formula is C20H24BrN3O4S2. The van der Waals surface area contributed by atoms with Crippen LogP contribution in [0.3, 0.4) is 0 Å². The molecule has 7 nitrogen and oxygen atoms in total. The number of piperidine rings is 1. The summed E-state index contributed by atoms with van der Waals surface area (Å²) in [7, 11) is -3.90. The number of rotatable bonds is 6. The lowest BCUT2D eigenvalue weighted by molar-refractivity contribution is -0.131. The Morgan fingerprint density at radius 3 is 2.80 bits per heavy atom. The topological polar surface area (TPSA) is 88.8 Å². The van der Waals surface area contributed by atoms with Crippen molar-refractivity contribution in [3.05, 3.63) is 40.1 Å². The number of thiazole rings is 1. The lowest BCUT2D eigenvalue weighted by atomic mass is 10.0. The molecule has 0 radical (unpaired) electrons. The van der Waals surface area contributed by atoms with Crippen LogP contribution in [0, 0.1) is 0 Å². The van der Waals surface area contributed by atoms with Crippen LogP contribution in [-0.2, 0) is 26.0 Å². The minimum Gasteiger partial charge on any atom is -0.339 e. The van der Waals surface area contributed by atoms with E-state index in [0.29, 0.717) is 17.9 Å². The van der Waals surface area contributed by atoms with Crippen molar-refractivity contribution < 1.29 is 18.0 Å². The molecule has 162 valence electrons. The highest BCUT2D eigenvalue weighted by atomic mass is 79.9. The number of nitrogens with zero attached hydrogens (tertiary/aromatic N) is 3. The molecule has 0 N–H and O–H groups in total. The van der Waals surface area contributed by atoms with Crippen LogP contribution in [-0.4, -0.2) is 53.8 Å². The number of benzene rings is 1. The summed E-state index contributed by atoms with van der Waals surface area (Å²) in [6, 6.07) is 5.73. The average Bonchev–Trinajstić information content (AvgIpc) is 2.97. The number of hydrogen-bond donors (Lipinski definition) is 0. The van der Waals surface area contributed by atoms with Crippen LogP contribution in [0.15, 0.2) is 40.3 Å². The molecule has 1 aromatic carbocycles. The summed E-state index contributed by atoms with van der Waals surface area (Å²) in [5, 5.41) is 0. The molecule has 1 unspecified atom stereocenters. The number of amides is 2. The van der Waals surface area contributed by atoms with Gasteiger partial charge in [0.1, 0.15) is 11.5 Å². The van der Waals surface area contributed by atoms with Gasteiger partial charge in [0.05, 0.1) is 10.2 Å². The number of allylic oxidation sites excluding steroid dienone is 1. The molecule has 0 aliphatic carbocycles. The number of sulfone groups is 1. The van der Waals surface area contributed by atoms with Crippen LogP contribution in [0.1, 0.15) is 26.2 Å². The standard InChI is InChI=1S/C20H24BrN3O4S2/c1-3-9-24-16-8-7-15(21)11-17(16)29-20(24)22-18(25)12-30(27,28)13-19(26)23-10-5-4-6-14(23)2/h3,7-8,11,14H,1,4-6,9-10,12-13H2,2H3. The smallest absolute Gasteiger partial charge is 0.263 e. The van der Waals surface area contributed by atoms with E-state index >= 15 is 0 Å². The number of fused-ring (bicyclic) bond motifs is 1. The van der Waals surface area contributed by atoms with Crippen LogP contribution in [0.4, 0.5) is 0 Å². The van der Waals surface area contributed by atoms with Crippen molar-refractivity contribution in [2.45, 2.75) is 38.8 Å². The van der Waals surface area contributed by atoms with Gasteiger partial charge in [0.2, 0.25) is 5.91 Å². The van der Waals surface area contributed by atoms with Crippen molar-refractivity contribution in [1.29, 1.82) is 0 Å². The molecule has 0 spiro atoms. The third-order valence-electron chi connectivity index (χ3n) is 4.99. The maximum absolute atomic E-state index is 12.5. The van der Waals surface area contributed by atoms with Crippen molar-refractivity contribution in [3.8, 4) is 0 Å². The molecule has 0 saturated carbocycles. The predicted molar refractivity (Wildman–Crippen MR) is 122 cm³/mol. The Bertz CT molecular complexity index is 1150. The highest BCUT2D eigenvalue weighted by molar-refractivity contribution is 9.10. The second-order valence-corrected chi connectivity index (χ2v) is 11.4. The van der Waals surface area contributed by atoms with Crippen LogP contribution in [0.25, 0.3) is 10.2 Å². The number of likely N-dealkylation sites (tertiary alicyclic amines) is 1. The maximum Gasteiger partial charge on any atom is 0.263 e. The van der Waals surface area contributed by atoms with Crippen molar-refractivity contribution in [2.75, 3.05) is 18.1 Å². The van der Waals surface area contributed by atoms with Gasteiger partial charge in [0.25, 0.3) is 5.91 Å². The highest BCUT2D eigenvalue weighted by Gasteiger charge is 2.28. The van der Waals surface area contributed by atoms with Gasteiger partial charge in [-0.3, -0.25) is 9.59 Å². The fourth-order valence-corrected chi connectivity index (χ4v) is 6.25.